The summed E-state index contributed by atoms with van der Waals surface area (Å²) >= 11 is 0. The zero-order chi connectivity index (χ0) is 20.1. The van der Waals surface area contributed by atoms with Gasteiger partial charge in [0.05, 0.1) is 0 Å². The maximum atomic E-state index is 13.0. The van der Waals surface area contributed by atoms with Crippen LogP contribution in [0.1, 0.15) is 28.8 Å². The second-order valence-electron chi connectivity index (χ2n) is 6.84. The van der Waals surface area contributed by atoms with Crippen molar-refractivity contribution in [2.45, 2.75) is 18.8 Å². The summed E-state index contributed by atoms with van der Waals surface area (Å²) in [4.78, 5) is 26.8. The van der Waals surface area contributed by atoms with E-state index in [4.69, 9.17) is 9.47 Å². The number of ether oxygens (including phenoxy) is 2. The Labute approximate surface area is 169 Å². The minimum absolute atomic E-state index is 0.142. The van der Waals surface area contributed by atoms with Crippen LogP contribution in [0.3, 0.4) is 0 Å². The monoisotopic (exact) mass is 388 g/mol. The van der Waals surface area contributed by atoms with Crippen LogP contribution >= 0.6 is 0 Å². The highest BCUT2D eigenvalue weighted by Gasteiger charge is 2.42. The third-order valence-electron chi connectivity index (χ3n) is 4.89. The van der Waals surface area contributed by atoms with E-state index in [-0.39, 0.29) is 13.2 Å². The zero-order valence-corrected chi connectivity index (χ0v) is 15.8. The van der Waals surface area contributed by atoms with Gasteiger partial charge in [-0.1, -0.05) is 91.0 Å². The highest BCUT2D eigenvalue weighted by atomic mass is 16.6. The van der Waals surface area contributed by atoms with Crippen LogP contribution in [0.4, 0.5) is 4.79 Å². The van der Waals surface area contributed by atoms with Gasteiger partial charge in [-0.05, 0) is 16.7 Å². The Hall–Kier alpha value is -3.60. The molecule has 2 atom stereocenters. The molecule has 0 N–H and O–H groups in total. The normalized spacial score (nSPS) is 18.8. The van der Waals surface area contributed by atoms with Crippen LogP contribution in [-0.4, -0.2) is 23.5 Å². The number of hydrogen-bond acceptors (Lipinski definition) is 4. The predicted octanol–water partition coefficient (Wildman–Crippen LogP) is 4.66. The Morgan fingerprint density at radius 2 is 1.41 bits per heavy atom. The first-order chi connectivity index (χ1) is 14.2. The molecule has 0 aromatic heterocycles. The highest BCUT2D eigenvalue weighted by molar-refractivity contribution is 5.80. The fraction of sp³-hybridized carbons (Fsp3) is 0.167. The van der Waals surface area contributed by atoms with Gasteiger partial charge in [-0.25, -0.2) is 4.79 Å². The molecule has 3 aromatic carbocycles. The molecular weight excluding hydrogens is 367 g/mol. The van der Waals surface area contributed by atoms with E-state index in [0.717, 1.165) is 16.7 Å². The smallest absolute Gasteiger partial charge is 0.411 e. The molecular formula is C24H21NO4. The van der Waals surface area contributed by atoms with Crippen molar-refractivity contribution in [2.24, 2.45) is 0 Å². The van der Waals surface area contributed by atoms with E-state index in [1.165, 1.54) is 4.90 Å². The van der Waals surface area contributed by atoms with E-state index in [1.807, 2.05) is 91.0 Å². The van der Waals surface area contributed by atoms with Crippen molar-refractivity contribution in [3.05, 3.63) is 108 Å². The number of esters is 1. The largest absolute Gasteiger partial charge is 0.454 e. The van der Waals surface area contributed by atoms with Crippen molar-refractivity contribution in [2.75, 3.05) is 6.54 Å². The Bertz CT molecular complexity index is 960. The summed E-state index contributed by atoms with van der Waals surface area (Å²) in [5.41, 5.74) is 2.59. The Balaban J connectivity index is 1.64. The molecule has 1 fully saturated rings. The number of hydrogen-bond donors (Lipinski definition) is 0. The summed E-state index contributed by atoms with van der Waals surface area (Å²) in [6.07, 6.45) is -1.15. The van der Waals surface area contributed by atoms with Gasteiger partial charge >= 0.3 is 12.1 Å². The van der Waals surface area contributed by atoms with E-state index in [9.17, 15) is 9.59 Å². The van der Waals surface area contributed by atoms with Crippen LogP contribution < -0.4 is 0 Å². The molecule has 0 aliphatic carbocycles. The van der Waals surface area contributed by atoms with Gasteiger partial charge in [0.2, 0.25) is 0 Å². The SMILES string of the molecule is O=C1[13CH2]N(C(=O)OCc2ccccc2)[C@@H](c2ccccc2)[C@@H](c2ccccc2)O1. The molecule has 0 spiro atoms. The number of rotatable bonds is 4. The van der Waals surface area contributed by atoms with Crippen LogP contribution in [0.2, 0.25) is 0 Å². The molecule has 0 radical (unpaired) electrons. The minimum atomic E-state index is -0.607. The molecule has 1 heterocycles. The van der Waals surface area contributed by atoms with E-state index in [1.54, 1.807) is 0 Å². The molecule has 0 unspecified atom stereocenters. The average molecular weight is 388 g/mol. The topological polar surface area (TPSA) is 55.8 Å². The second-order valence-corrected chi connectivity index (χ2v) is 6.84. The summed E-state index contributed by atoms with van der Waals surface area (Å²) < 4.78 is 11.2. The molecule has 4 rings (SSSR count). The number of nitrogens with zero attached hydrogens (tertiary/aromatic N) is 1. The molecule has 1 aliphatic heterocycles. The fourth-order valence-electron chi connectivity index (χ4n) is 3.52. The molecule has 29 heavy (non-hydrogen) atoms. The van der Waals surface area contributed by atoms with Gasteiger partial charge in [0.1, 0.15) is 19.2 Å². The number of amides is 1. The van der Waals surface area contributed by atoms with Crippen LogP contribution in [0.5, 0.6) is 0 Å². The lowest BCUT2D eigenvalue weighted by Gasteiger charge is -2.40. The molecule has 146 valence electrons. The highest BCUT2D eigenvalue weighted by Crippen LogP contribution is 2.40. The molecule has 1 saturated heterocycles. The number of cyclic esters (lactones) is 1. The molecule has 0 bridgehead atoms. The first kappa shape index (κ1) is 18.7. The quantitative estimate of drug-likeness (QED) is 0.482. The number of benzene rings is 3. The van der Waals surface area contributed by atoms with E-state index < -0.39 is 24.2 Å². The van der Waals surface area contributed by atoms with Crippen molar-refractivity contribution in [1.82, 2.24) is 4.90 Å². The molecule has 5 heteroatoms. The third kappa shape index (κ3) is 4.29. The van der Waals surface area contributed by atoms with E-state index in [0.29, 0.717) is 0 Å². The maximum absolute atomic E-state index is 13.0. The van der Waals surface area contributed by atoms with Crippen molar-refractivity contribution in [3.8, 4) is 0 Å². The maximum Gasteiger partial charge on any atom is 0.411 e. The minimum Gasteiger partial charge on any atom is -0.454 e. The number of carbonyl (C=O) groups excluding carboxylic acids is 2. The first-order valence-electron chi connectivity index (χ1n) is 9.49. The number of carbonyl (C=O) groups is 2. The molecule has 3 aromatic rings. The van der Waals surface area contributed by atoms with E-state index in [2.05, 4.69) is 0 Å². The summed E-state index contributed by atoms with van der Waals surface area (Å²) in [5, 5.41) is 0. The van der Waals surface area contributed by atoms with Crippen LogP contribution in [0.25, 0.3) is 0 Å². The standard InChI is InChI=1S/C24H21NO4/c26-21-16-25(24(27)28-17-18-10-4-1-5-11-18)22(19-12-6-2-7-13-19)23(29-21)20-14-8-3-9-15-20/h1-15,22-23H,16-17H2/t22-,23+/m0/s1/i16+1. The third-order valence-corrected chi connectivity index (χ3v) is 4.89. The van der Waals surface area contributed by atoms with Crippen molar-refractivity contribution < 1.29 is 19.1 Å². The average Bonchev–Trinajstić information content (AvgIpc) is 2.78. The summed E-state index contributed by atoms with van der Waals surface area (Å²) in [7, 11) is 0. The van der Waals surface area contributed by atoms with Gasteiger partial charge in [0.15, 0.2) is 6.10 Å². The van der Waals surface area contributed by atoms with Crippen molar-refractivity contribution >= 4 is 12.1 Å². The zero-order valence-electron chi connectivity index (χ0n) is 15.8. The predicted molar refractivity (Wildman–Crippen MR) is 108 cm³/mol. The van der Waals surface area contributed by atoms with Gasteiger partial charge in [0, 0.05) is 0 Å². The fourth-order valence-corrected chi connectivity index (χ4v) is 3.52. The second kappa shape index (κ2) is 8.61. The van der Waals surface area contributed by atoms with Crippen molar-refractivity contribution in [3.63, 3.8) is 0 Å². The van der Waals surface area contributed by atoms with Crippen LogP contribution in [-0.2, 0) is 20.9 Å². The van der Waals surface area contributed by atoms with Crippen LogP contribution in [0, 0.1) is 0 Å². The van der Waals surface area contributed by atoms with Gasteiger partial charge < -0.3 is 9.47 Å². The molecule has 0 saturated carbocycles. The summed E-state index contributed by atoms with van der Waals surface area (Å²) in [6, 6.07) is 28.0. The lowest BCUT2D eigenvalue weighted by atomic mass is 9.94. The van der Waals surface area contributed by atoms with Gasteiger partial charge in [-0.3, -0.25) is 9.69 Å². The molecule has 1 aliphatic rings. The van der Waals surface area contributed by atoms with Gasteiger partial charge in [0.25, 0.3) is 0 Å². The first-order valence-corrected chi connectivity index (χ1v) is 9.49. The Morgan fingerprint density at radius 1 is 0.862 bits per heavy atom. The van der Waals surface area contributed by atoms with Crippen LogP contribution in [0.15, 0.2) is 91.0 Å². The summed E-state index contributed by atoms with van der Waals surface area (Å²) in [6.45, 7) is -0.0146. The Kier molecular flexibility index (Phi) is 5.56. The van der Waals surface area contributed by atoms with E-state index >= 15 is 0 Å². The Morgan fingerprint density at radius 3 is 2.03 bits per heavy atom. The lowest BCUT2D eigenvalue weighted by molar-refractivity contribution is -0.164. The van der Waals surface area contributed by atoms with Gasteiger partial charge in [-0.15, -0.1) is 0 Å². The lowest BCUT2D eigenvalue weighted by Crippen LogP contribution is -2.47. The number of morpholine rings is 1. The molecule has 1 amide bonds. The molecule has 5 nitrogen and oxygen atoms in total. The summed E-state index contributed by atoms with van der Waals surface area (Å²) in [5.74, 6) is -0.456. The van der Waals surface area contributed by atoms with Gasteiger partial charge in [-0.2, -0.15) is 0 Å². The van der Waals surface area contributed by atoms with Crippen molar-refractivity contribution in [1.29, 1.82) is 0 Å².